The van der Waals surface area contributed by atoms with Crippen molar-refractivity contribution < 1.29 is 4.39 Å². The largest absolute Gasteiger partial charge is 0.237 e. The molecular formula is C12H8FN2. The Morgan fingerprint density at radius 1 is 1.07 bits per heavy atom. The maximum atomic E-state index is 11.8. The topological polar surface area (TPSA) is 25.8 Å². The van der Waals surface area contributed by atoms with E-state index >= 15 is 0 Å². The number of nitrogens with zero attached hydrogens (tertiary/aromatic N) is 2. The molecule has 0 N–H and O–H groups in total. The van der Waals surface area contributed by atoms with Crippen LogP contribution < -0.4 is 0 Å². The Morgan fingerprint density at radius 3 is 2.33 bits per heavy atom. The number of halogens is 1. The molecule has 0 spiro atoms. The van der Waals surface area contributed by atoms with Gasteiger partial charge >= 0.3 is 0 Å². The molecule has 2 rings (SSSR count). The smallest absolute Gasteiger partial charge is 0.159 e. The maximum absolute atomic E-state index is 11.8. The van der Waals surface area contributed by atoms with Gasteiger partial charge in [-0.3, -0.25) is 0 Å². The highest BCUT2D eigenvalue weighted by Gasteiger charge is 1.98. The predicted molar refractivity (Wildman–Crippen MR) is 56.3 cm³/mol. The van der Waals surface area contributed by atoms with Gasteiger partial charge in [0.1, 0.15) is 0 Å². The van der Waals surface area contributed by atoms with E-state index in [-0.39, 0.29) is 0 Å². The molecule has 0 atom stereocenters. The zero-order valence-electron chi connectivity index (χ0n) is 7.89. The minimum absolute atomic E-state index is 0.664. The van der Waals surface area contributed by atoms with Crippen molar-refractivity contribution in [2.45, 2.75) is 0 Å². The first-order chi connectivity index (χ1) is 7.40. The molecule has 0 saturated carbocycles. The molecule has 1 aromatic heterocycles. The summed E-state index contributed by atoms with van der Waals surface area (Å²) in [6.07, 6.45) is 6.13. The van der Waals surface area contributed by atoms with Gasteiger partial charge in [0.25, 0.3) is 0 Å². The molecule has 3 heteroatoms. The van der Waals surface area contributed by atoms with Crippen LogP contribution in [0, 0.1) is 6.33 Å². The van der Waals surface area contributed by atoms with Gasteiger partial charge in [-0.25, -0.2) is 14.4 Å². The van der Waals surface area contributed by atoms with Gasteiger partial charge in [-0.15, -0.1) is 0 Å². The molecule has 2 nitrogen and oxygen atoms in total. The first-order valence-electron chi connectivity index (χ1n) is 4.47. The minimum Gasteiger partial charge on any atom is -0.237 e. The van der Waals surface area contributed by atoms with Crippen molar-refractivity contribution in [2.75, 3.05) is 0 Å². The van der Waals surface area contributed by atoms with E-state index < -0.39 is 0 Å². The van der Waals surface area contributed by atoms with Crippen LogP contribution in [0.25, 0.3) is 17.5 Å². The van der Waals surface area contributed by atoms with Gasteiger partial charge in [0.2, 0.25) is 0 Å². The third-order valence-corrected chi connectivity index (χ3v) is 1.96. The van der Waals surface area contributed by atoms with Crippen LogP contribution >= 0.6 is 0 Å². The zero-order chi connectivity index (χ0) is 10.5. The Kier molecular flexibility index (Phi) is 2.83. The molecule has 0 unspecified atom stereocenters. The summed E-state index contributed by atoms with van der Waals surface area (Å²) in [5, 5.41) is 0. The van der Waals surface area contributed by atoms with E-state index in [4.69, 9.17) is 0 Å². The number of hydrogen-bond acceptors (Lipinski definition) is 2. The molecule has 15 heavy (non-hydrogen) atoms. The Hall–Kier alpha value is -2.03. The average molecular weight is 199 g/mol. The standard InChI is InChI=1S/C12H8FN2/c13-7-6-10-2-4-11(5-3-10)12-14-8-1-9-15-12/h1-6,8-9H. The van der Waals surface area contributed by atoms with Crippen LogP contribution in [0.3, 0.4) is 0 Å². The van der Waals surface area contributed by atoms with Gasteiger partial charge in [-0.2, -0.15) is 0 Å². The minimum atomic E-state index is 0.664. The lowest BCUT2D eigenvalue weighted by atomic mass is 10.1. The van der Waals surface area contributed by atoms with E-state index in [1.54, 1.807) is 30.6 Å². The summed E-state index contributed by atoms with van der Waals surface area (Å²) in [6.45, 7) is 0. The third kappa shape index (κ3) is 2.26. The van der Waals surface area contributed by atoms with Gasteiger partial charge in [-0.1, -0.05) is 24.3 Å². The van der Waals surface area contributed by atoms with Gasteiger partial charge in [0, 0.05) is 18.0 Å². The molecule has 1 heterocycles. The fraction of sp³-hybridized carbons (Fsp3) is 0. The van der Waals surface area contributed by atoms with Crippen LogP contribution in [-0.2, 0) is 0 Å². The van der Waals surface area contributed by atoms with Gasteiger partial charge in [0.15, 0.2) is 12.2 Å². The van der Waals surface area contributed by atoms with E-state index in [0.717, 1.165) is 11.1 Å². The highest BCUT2D eigenvalue weighted by molar-refractivity contribution is 5.58. The Morgan fingerprint density at radius 2 is 1.73 bits per heavy atom. The Labute approximate surface area is 87.1 Å². The quantitative estimate of drug-likeness (QED) is 0.743. The lowest BCUT2D eigenvalue weighted by Crippen LogP contribution is -1.86. The Balaban J connectivity index is 2.32. The molecule has 73 valence electrons. The lowest BCUT2D eigenvalue weighted by Gasteiger charge is -1.99. The fourth-order valence-corrected chi connectivity index (χ4v) is 1.24. The number of hydrogen-bond donors (Lipinski definition) is 0. The normalized spacial score (nSPS) is 10.7. The molecule has 0 aliphatic rings. The van der Waals surface area contributed by atoms with Crippen molar-refractivity contribution in [3.8, 4) is 11.4 Å². The maximum Gasteiger partial charge on any atom is 0.159 e. The molecule has 0 aliphatic carbocycles. The molecule has 1 aromatic carbocycles. The second kappa shape index (κ2) is 4.46. The summed E-state index contributed by atoms with van der Waals surface area (Å²) in [5.74, 6) is 0.664. The fourth-order valence-electron chi connectivity index (χ4n) is 1.24. The molecule has 0 saturated heterocycles. The summed E-state index contributed by atoms with van der Waals surface area (Å²) in [4.78, 5) is 8.23. The van der Waals surface area contributed by atoms with E-state index in [2.05, 4.69) is 9.97 Å². The highest BCUT2D eigenvalue weighted by atomic mass is 19.1. The molecule has 2 aromatic rings. The van der Waals surface area contributed by atoms with E-state index in [1.807, 2.05) is 12.1 Å². The van der Waals surface area contributed by atoms with Gasteiger partial charge < -0.3 is 0 Å². The van der Waals surface area contributed by atoms with Gasteiger partial charge in [-0.05, 0) is 17.7 Å². The van der Waals surface area contributed by atoms with Crippen molar-refractivity contribution >= 4 is 6.08 Å². The van der Waals surface area contributed by atoms with Crippen molar-refractivity contribution in [3.63, 3.8) is 0 Å². The first kappa shape index (κ1) is 9.52. The summed E-state index contributed by atoms with van der Waals surface area (Å²) in [5.41, 5.74) is 1.67. The molecule has 0 bridgehead atoms. The predicted octanol–water partition coefficient (Wildman–Crippen LogP) is 2.89. The second-order valence-electron chi connectivity index (χ2n) is 2.95. The molecule has 0 aliphatic heterocycles. The van der Waals surface area contributed by atoms with Crippen LogP contribution in [0.2, 0.25) is 0 Å². The summed E-state index contributed by atoms with van der Waals surface area (Å²) in [6, 6.07) is 9.03. The van der Waals surface area contributed by atoms with E-state index in [1.165, 1.54) is 12.4 Å². The number of rotatable bonds is 2. The van der Waals surface area contributed by atoms with Crippen LogP contribution in [-0.4, -0.2) is 9.97 Å². The van der Waals surface area contributed by atoms with Crippen molar-refractivity contribution in [3.05, 3.63) is 54.6 Å². The van der Waals surface area contributed by atoms with Crippen LogP contribution in [0.1, 0.15) is 5.56 Å². The number of aromatic nitrogens is 2. The molecule has 1 radical (unpaired) electrons. The van der Waals surface area contributed by atoms with E-state index in [9.17, 15) is 4.39 Å². The van der Waals surface area contributed by atoms with Crippen LogP contribution in [0.15, 0.2) is 42.7 Å². The summed E-state index contributed by atoms with van der Waals surface area (Å²) in [7, 11) is 0. The van der Waals surface area contributed by atoms with Crippen LogP contribution in [0.4, 0.5) is 4.39 Å². The SMILES string of the molecule is F/[C]=C/c1ccc(-c2ncccn2)cc1. The second-order valence-corrected chi connectivity index (χ2v) is 2.95. The van der Waals surface area contributed by atoms with Crippen molar-refractivity contribution in [2.24, 2.45) is 0 Å². The highest BCUT2D eigenvalue weighted by Crippen LogP contribution is 2.15. The van der Waals surface area contributed by atoms with Gasteiger partial charge in [0.05, 0.1) is 0 Å². The summed E-state index contributed by atoms with van der Waals surface area (Å²) >= 11 is 0. The third-order valence-electron chi connectivity index (χ3n) is 1.96. The molecular weight excluding hydrogens is 191 g/mol. The Bertz CT molecular complexity index is 449. The van der Waals surface area contributed by atoms with Crippen molar-refractivity contribution in [1.29, 1.82) is 0 Å². The zero-order valence-corrected chi connectivity index (χ0v) is 7.89. The van der Waals surface area contributed by atoms with Crippen LogP contribution in [0.5, 0.6) is 0 Å². The lowest BCUT2D eigenvalue weighted by molar-refractivity contribution is 0.691. The number of benzene rings is 1. The monoisotopic (exact) mass is 199 g/mol. The molecule has 0 fully saturated rings. The van der Waals surface area contributed by atoms with Crippen molar-refractivity contribution in [1.82, 2.24) is 9.97 Å². The molecule has 0 amide bonds. The summed E-state index contributed by atoms with van der Waals surface area (Å²) < 4.78 is 11.8. The first-order valence-corrected chi connectivity index (χ1v) is 4.47. The van der Waals surface area contributed by atoms with E-state index in [0.29, 0.717) is 5.82 Å². The average Bonchev–Trinajstić information content (AvgIpc) is 2.32.